The number of aliphatic hydroxyl groups excluding tert-OH is 1. The van der Waals surface area contributed by atoms with Crippen molar-refractivity contribution in [3.63, 3.8) is 0 Å². The molecule has 1 amide bonds. The number of nitrogens with zero attached hydrogens (tertiary/aromatic N) is 1. The molecule has 168 valence electrons. The molecule has 0 saturated carbocycles. The fourth-order valence-electron chi connectivity index (χ4n) is 4.09. The average Bonchev–Trinajstić information content (AvgIpc) is 3.05. The lowest BCUT2D eigenvalue weighted by molar-refractivity contribution is -0.140. The largest absolute Gasteiger partial charge is 0.507 e. The minimum atomic E-state index is -0.760. The molecule has 0 spiro atoms. The first-order valence-electron chi connectivity index (χ1n) is 10.9. The van der Waals surface area contributed by atoms with Gasteiger partial charge in [-0.15, -0.1) is 0 Å². The van der Waals surface area contributed by atoms with E-state index in [0.29, 0.717) is 11.1 Å². The summed E-state index contributed by atoms with van der Waals surface area (Å²) in [7, 11) is 0. The summed E-state index contributed by atoms with van der Waals surface area (Å²) >= 11 is 0. The summed E-state index contributed by atoms with van der Waals surface area (Å²) in [5.41, 5.74) is 2.99. The van der Waals surface area contributed by atoms with Gasteiger partial charge in [0.25, 0.3) is 11.7 Å². The molecular weight excluding hydrogens is 417 g/mol. The summed E-state index contributed by atoms with van der Waals surface area (Å²) in [5, 5.41) is 11.1. The Bertz CT molecular complexity index is 1210. The molecule has 0 radical (unpaired) electrons. The number of amides is 1. The van der Waals surface area contributed by atoms with Gasteiger partial charge in [-0.1, -0.05) is 87.5 Å². The van der Waals surface area contributed by atoms with Crippen LogP contribution in [0.25, 0.3) is 5.76 Å². The minimum absolute atomic E-state index is 0.0526. The van der Waals surface area contributed by atoms with Crippen LogP contribution in [0.3, 0.4) is 0 Å². The van der Waals surface area contributed by atoms with Crippen LogP contribution in [0.2, 0.25) is 0 Å². The molecule has 5 heteroatoms. The number of halogens is 1. The number of hydrogen-bond acceptors (Lipinski definition) is 3. The first-order valence-corrected chi connectivity index (χ1v) is 10.9. The van der Waals surface area contributed by atoms with Gasteiger partial charge in [-0.25, -0.2) is 4.39 Å². The van der Waals surface area contributed by atoms with Crippen LogP contribution in [-0.4, -0.2) is 21.7 Å². The Hall–Kier alpha value is -3.73. The van der Waals surface area contributed by atoms with Crippen LogP contribution in [0.5, 0.6) is 0 Å². The maximum atomic E-state index is 13.4. The van der Waals surface area contributed by atoms with Gasteiger partial charge in [0, 0.05) is 12.1 Å². The molecule has 1 unspecified atom stereocenters. The van der Waals surface area contributed by atoms with Gasteiger partial charge in [-0.2, -0.15) is 0 Å². The fourth-order valence-corrected chi connectivity index (χ4v) is 4.09. The van der Waals surface area contributed by atoms with Crippen molar-refractivity contribution >= 4 is 17.4 Å². The number of likely N-dealkylation sites (tertiary alicyclic amines) is 1. The predicted octanol–water partition coefficient (Wildman–Crippen LogP) is 5.75. The van der Waals surface area contributed by atoms with Gasteiger partial charge in [0.2, 0.25) is 0 Å². The Morgan fingerprint density at radius 1 is 0.909 bits per heavy atom. The molecule has 3 aromatic carbocycles. The Kier molecular flexibility index (Phi) is 5.90. The second-order valence-electron chi connectivity index (χ2n) is 9.29. The zero-order valence-electron chi connectivity index (χ0n) is 18.9. The van der Waals surface area contributed by atoms with E-state index in [0.717, 1.165) is 11.1 Å². The summed E-state index contributed by atoms with van der Waals surface area (Å²) < 4.78 is 13.4. The van der Waals surface area contributed by atoms with E-state index in [1.165, 1.54) is 17.0 Å². The van der Waals surface area contributed by atoms with Crippen LogP contribution >= 0.6 is 0 Å². The van der Waals surface area contributed by atoms with Crippen molar-refractivity contribution < 1.29 is 19.1 Å². The number of ketones is 1. The quantitative estimate of drug-likeness (QED) is 0.318. The number of hydrogen-bond donors (Lipinski definition) is 1. The van der Waals surface area contributed by atoms with Gasteiger partial charge in [-0.05, 0) is 34.2 Å². The van der Waals surface area contributed by atoms with Crippen molar-refractivity contribution in [1.29, 1.82) is 0 Å². The Labute approximate surface area is 193 Å². The van der Waals surface area contributed by atoms with Crippen LogP contribution in [-0.2, 0) is 21.5 Å². The van der Waals surface area contributed by atoms with Gasteiger partial charge in [0.05, 0.1) is 11.6 Å². The van der Waals surface area contributed by atoms with E-state index < -0.39 is 17.7 Å². The molecule has 1 aliphatic heterocycles. The molecule has 1 heterocycles. The minimum Gasteiger partial charge on any atom is -0.507 e. The van der Waals surface area contributed by atoms with Gasteiger partial charge in [-0.3, -0.25) is 9.59 Å². The van der Waals surface area contributed by atoms with Crippen LogP contribution in [0.15, 0.2) is 84.4 Å². The molecule has 0 aromatic heterocycles. The standard InChI is InChI=1S/C28H26FNO3/c1-28(2,3)21-13-11-19(12-14-21)24-23(25(31)20-7-5-4-6-8-20)26(32)27(33)30(24)17-18-9-15-22(29)16-10-18/h4-16,24,31H,17H2,1-3H3/b25-23-. The van der Waals surface area contributed by atoms with E-state index >= 15 is 0 Å². The number of carbonyl (C=O) groups excluding carboxylic acids is 2. The zero-order valence-corrected chi connectivity index (χ0v) is 18.9. The molecule has 33 heavy (non-hydrogen) atoms. The summed E-state index contributed by atoms with van der Waals surface area (Å²) in [4.78, 5) is 27.6. The summed E-state index contributed by atoms with van der Waals surface area (Å²) in [6.45, 7) is 6.44. The topological polar surface area (TPSA) is 57.6 Å². The van der Waals surface area contributed by atoms with Crippen molar-refractivity contribution in [3.8, 4) is 0 Å². The Morgan fingerprint density at radius 3 is 2.09 bits per heavy atom. The monoisotopic (exact) mass is 443 g/mol. The molecule has 3 aromatic rings. The van der Waals surface area contributed by atoms with Crippen molar-refractivity contribution in [2.75, 3.05) is 0 Å². The molecule has 1 aliphatic rings. The lowest BCUT2D eigenvalue weighted by atomic mass is 9.85. The number of Topliss-reactive ketones (excluding diaryl/α,β-unsaturated/α-hetero) is 1. The van der Waals surface area contributed by atoms with Crippen molar-refractivity contribution in [2.45, 2.75) is 38.8 Å². The summed E-state index contributed by atoms with van der Waals surface area (Å²) in [6, 6.07) is 21.5. The third-order valence-electron chi connectivity index (χ3n) is 5.95. The van der Waals surface area contributed by atoms with Gasteiger partial charge < -0.3 is 10.0 Å². The molecule has 1 fully saturated rings. The van der Waals surface area contributed by atoms with E-state index in [1.807, 2.05) is 30.3 Å². The Balaban J connectivity index is 1.84. The van der Waals surface area contributed by atoms with E-state index in [-0.39, 0.29) is 29.1 Å². The fraction of sp³-hybridized carbons (Fsp3) is 0.214. The molecule has 1 saturated heterocycles. The maximum absolute atomic E-state index is 13.4. The van der Waals surface area contributed by atoms with Crippen LogP contribution in [0, 0.1) is 5.82 Å². The van der Waals surface area contributed by atoms with Crippen molar-refractivity contribution in [2.24, 2.45) is 0 Å². The molecule has 4 rings (SSSR count). The highest BCUT2D eigenvalue weighted by atomic mass is 19.1. The highest BCUT2D eigenvalue weighted by molar-refractivity contribution is 6.46. The van der Waals surface area contributed by atoms with E-state index in [2.05, 4.69) is 20.8 Å². The first-order chi connectivity index (χ1) is 15.7. The number of rotatable bonds is 4. The second kappa shape index (κ2) is 8.66. The van der Waals surface area contributed by atoms with Gasteiger partial charge in [0.15, 0.2) is 0 Å². The molecular formula is C28H26FNO3. The molecule has 1 N–H and O–H groups in total. The van der Waals surface area contributed by atoms with Crippen LogP contribution in [0.1, 0.15) is 49.1 Å². The normalized spacial score (nSPS) is 18.1. The van der Waals surface area contributed by atoms with Crippen LogP contribution in [0.4, 0.5) is 4.39 Å². The van der Waals surface area contributed by atoms with Crippen molar-refractivity contribution in [3.05, 3.63) is 113 Å². The first kappa shape index (κ1) is 22.5. The third-order valence-corrected chi connectivity index (χ3v) is 5.95. The lowest BCUT2D eigenvalue weighted by Crippen LogP contribution is -2.29. The molecule has 4 nitrogen and oxygen atoms in total. The van der Waals surface area contributed by atoms with E-state index in [4.69, 9.17) is 0 Å². The predicted molar refractivity (Wildman–Crippen MR) is 126 cm³/mol. The molecule has 1 atom stereocenters. The highest BCUT2D eigenvalue weighted by Crippen LogP contribution is 2.40. The number of carbonyl (C=O) groups is 2. The lowest BCUT2D eigenvalue weighted by Gasteiger charge is -2.26. The summed E-state index contributed by atoms with van der Waals surface area (Å²) in [5.74, 6) is -2.01. The Morgan fingerprint density at radius 2 is 1.52 bits per heavy atom. The number of aliphatic hydroxyl groups is 1. The molecule has 0 aliphatic carbocycles. The average molecular weight is 444 g/mol. The van der Waals surface area contributed by atoms with Crippen molar-refractivity contribution in [1.82, 2.24) is 4.90 Å². The second-order valence-corrected chi connectivity index (χ2v) is 9.29. The van der Waals surface area contributed by atoms with Gasteiger partial charge in [0.1, 0.15) is 11.6 Å². The maximum Gasteiger partial charge on any atom is 0.295 e. The molecule has 0 bridgehead atoms. The summed E-state index contributed by atoms with van der Waals surface area (Å²) in [6.07, 6.45) is 0. The third kappa shape index (κ3) is 4.44. The highest BCUT2D eigenvalue weighted by Gasteiger charge is 2.46. The number of benzene rings is 3. The van der Waals surface area contributed by atoms with E-state index in [1.54, 1.807) is 36.4 Å². The zero-order chi connectivity index (χ0) is 23.8. The SMILES string of the molecule is CC(C)(C)c1ccc(C2/C(=C(/O)c3ccccc3)C(=O)C(=O)N2Cc2ccc(F)cc2)cc1. The smallest absolute Gasteiger partial charge is 0.295 e. The van der Waals surface area contributed by atoms with E-state index in [9.17, 15) is 19.1 Å². The van der Waals surface area contributed by atoms with Gasteiger partial charge >= 0.3 is 0 Å². The van der Waals surface area contributed by atoms with Crippen LogP contribution < -0.4 is 0 Å².